The molecule has 1 unspecified atom stereocenters. The molecule has 3 heteroatoms. The Morgan fingerprint density at radius 2 is 1.83 bits per heavy atom. The average molecular weight is 401 g/mol. The van der Waals surface area contributed by atoms with Crippen molar-refractivity contribution in [1.29, 1.82) is 0 Å². The second-order valence-corrected chi connectivity index (χ2v) is 11.2. The second kappa shape index (κ2) is 7.54. The zero-order valence-electron chi connectivity index (χ0n) is 18.9. The number of carbonyl (C=O) groups is 2. The highest BCUT2D eigenvalue weighted by atomic mass is 16.3. The Morgan fingerprint density at radius 3 is 2.55 bits per heavy atom. The van der Waals surface area contributed by atoms with Crippen LogP contribution in [0.25, 0.3) is 0 Å². The first-order valence-corrected chi connectivity index (χ1v) is 12.2. The normalized spacial score (nSPS) is 43.0. The molecule has 162 valence electrons. The molecule has 0 radical (unpaired) electrons. The van der Waals surface area contributed by atoms with Crippen molar-refractivity contribution in [2.24, 2.45) is 40.4 Å². The molecule has 7 atom stereocenters. The van der Waals surface area contributed by atoms with Crippen LogP contribution in [0.4, 0.5) is 0 Å². The topological polar surface area (TPSA) is 54.4 Å². The number of allylic oxidation sites excluding steroid dienone is 1. The van der Waals surface area contributed by atoms with Crippen molar-refractivity contribution in [1.82, 2.24) is 0 Å². The van der Waals surface area contributed by atoms with Gasteiger partial charge in [0, 0.05) is 18.3 Å². The van der Waals surface area contributed by atoms with E-state index in [2.05, 4.69) is 27.7 Å². The highest BCUT2D eigenvalue weighted by Gasteiger charge is 2.62. The van der Waals surface area contributed by atoms with Gasteiger partial charge in [0.1, 0.15) is 5.78 Å². The Kier molecular flexibility index (Phi) is 5.49. The maximum absolute atomic E-state index is 13.2. The van der Waals surface area contributed by atoms with Crippen molar-refractivity contribution < 1.29 is 14.7 Å². The molecule has 0 amide bonds. The number of carbonyl (C=O) groups excluding carboxylic acids is 2. The highest BCUT2D eigenvalue weighted by molar-refractivity contribution is 5.95. The van der Waals surface area contributed by atoms with E-state index < -0.39 is 0 Å². The fourth-order valence-corrected chi connectivity index (χ4v) is 8.11. The lowest BCUT2D eigenvalue weighted by atomic mass is 9.46. The third-order valence-electron chi connectivity index (χ3n) is 9.86. The summed E-state index contributed by atoms with van der Waals surface area (Å²) in [5, 5.41) is 10.5. The molecule has 0 saturated heterocycles. The molecule has 0 aromatic rings. The van der Waals surface area contributed by atoms with Crippen LogP contribution in [-0.2, 0) is 9.59 Å². The first-order chi connectivity index (χ1) is 13.7. The summed E-state index contributed by atoms with van der Waals surface area (Å²) in [6.45, 7) is 9.22. The lowest BCUT2D eigenvalue weighted by molar-refractivity contribution is -0.133. The standard InChI is InChI=1S/C26H40O3/c1-5-6-7-8-16(2)18-15-22(28)26(4)13-11-19-17(23(18)26)9-10-20-24(29)21(27)12-14-25(19,20)3/h16-19,23,29H,5-15H2,1-4H3/t16?,17-,18+,19+,23-,25-,26-/m1/s1. The number of hydrogen-bond acceptors (Lipinski definition) is 3. The van der Waals surface area contributed by atoms with Crippen molar-refractivity contribution in [2.45, 2.75) is 98.3 Å². The van der Waals surface area contributed by atoms with E-state index in [-0.39, 0.29) is 22.4 Å². The Bertz CT molecular complexity index is 721. The van der Waals surface area contributed by atoms with Crippen LogP contribution in [-0.4, -0.2) is 16.7 Å². The van der Waals surface area contributed by atoms with Gasteiger partial charge in [-0.05, 0) is 72.7 Å². The molecule has 0 heterocycles. The van der Waals surface area contributed by atoms with Crippen LogP contribution in [0.3, 0.4) is 0 Å². The Morgan fingerprint density at radius 1 is 1.07 bits per heavy atom. The average Bonchev–Trinajstić information content (AvgIpc) is 2.96. The number of ketones is 2. The lowest BCUT2D eigenvalue weighted by Gasteiger charge is -2.58. The van der Waals surface area contributed by atoms with Gasteiger partial charge in [-0.3, -0.25) is 9.59 Å². The van der Waals surface area contributed by atoms with Gasteiger partial charge in [0.05, 0.1) is 0 Å². The molecule has 4 rings (SSSR count). The molecule has 0 aromatic carbocycles. The minimum absolute atomic E-state index is 0.0517. The second-order valence-electron chi connectivity index (χ2n) is 11.2. The summed E-state index contributed by atoms with van der Waals surface area (Å²) in [5.74, 6) is 3.23. The van der Waals surface area contributed by atoms with Gasteiger partial charge in [-0.2, -0.15) is 0 Å². The van der Waals surface area contributed by atoms with Gasteiger partial charge >= 0.3 is 0 Å². The lowest BCUT2D eigenvalue weighted by Crippen LogP contribution is -2.52. The minimum Gasteiger partial charge on any atom is -0.504 e. The quantitative estimate of drug-likeness (QED) is 0.542. The van der Waals surface area contributed by atoms with Crippen LogP contribution in [0, 0.1) is 40.4 Å². The first-order valence-electron chi connectivity index (χ1n) is 12.2. The molecule has 3 fully saturated rings. The van der Waals surface area contributed by atoms with E-state index in [1.165, 1.54) is 25.7 Å². The molecule has 29 heavy (non-hydrogen) atoms. The summed E-state index contributed by atoms with van der Waals surface area (Å²) < 4.78 is 0. The molecular weight excluding hydrogens is 360 g/mol. The third kappa shape index (κ3) is 3.13. The van der Waals surface area contributed by atoms with Crippen molar-refractivity contribution >= 4 is 11.6 Å². The Hall–Kier alpha value is -1.12. The maximum Gasteiger partial charge on any atom is 0.197 e. The summed E-state index contributed by atoms with van der Waals surface area (Å²) in [6, 6.07) is 0. The van der Waals surface area contributed by atoms with Gasteiger partial charge in [0.2, 0.25) is 0 Å². The number of rotatable bonds is 5. The predicted molar refractivity (Wildman–Crippen MR) is 115 cm³/mol. The zero-order valence-corrected chi connectivity index (χ0v) is 18.9. The fraction of sp³-hybridized carbons (Fsp3) is 0.846. The van der Waals surface area contributed by atoms with Crippen molar-refractivity contribution in [3.8, 4) is 0 Å². The van der Waals surface area contributed by atoms with E-state index in [1.54, 1.807) is 0 Å². The van der Waals surface area contributed by atoms with Crippen LogP contribution in [0.2, 0.25) is 0 Å². The predicted octanol–water partition coefficient (Wildman–Crippen LogP) is 6.42. The number of Topliss-reactive ketones (excluding diaryl/α,β-unsaturated/α-hetero) is 2. The van der Waals surface area contributed by atoms with Gasteiger partial charge in [0.25, 0.3) is 0 Å². The van der Waals surface area contributed by atoms with Gasteiger partial charge in [-0.1, -0.05) is 53.4 Å². The van der Waals surface area contributed by atoms with Gasteiger partial charge < -0.3 is 5.11 Å². The van der Waals surface area contributed by atoms with E-state index in [0.717, 1.165) is 44.1 Å². The fourth-order valence-electron chi connectivity index (χ4n) is 8.11. The Labute approximate surface area is 176 Å². The highest BCUT2D eigenvalue weighted by Crippen LogP contribution is 2.66. The van der Waals surface area contributed by atoms with Crippen LogP contribution < -0.4 is 0 Å². The van der Waals surface area contributed by atoms with E-state index in [9.17, 15) is 14.7 Å². The van der Waals surface area contributed by atoms with Gasteiger partial charge in [0.15, 0.2) is 11.5 Å². The van der Waals surface area contributed by atoms with Gasteiger partial charge in [-0.25, -0.2) is 0 Å². The van der Waals surface area contributed by atoms with Crippen molar-refractivity contribution in [2.75, 3.05) is 0 Å². The molecule has 0 aliphatic heterocycles. The van der Waals surface area contributed by atoms with Crippen LogP contribution in [0.1, 0.15) is 98.3 Å². The molecule has 0 aromatic heterocycles. The van der Waals surface area contributed by atoms with Crippen LogP contribution in [0.15, 0.2) is 11.3 Å². The summed E-state index contributed by atoms with van der Waals surface area (Å²) in [4.78, 5) is 25.4. The van der Waals surface area contributed by atoms with E-state index >= 15 is 0 Å². The van der Waals surface area contributed by atoms with E-state index in [1.807, 2.05) is 0 Å². The van der Waals surface area contributed by atoms with E-state index in [0.29, 0.717) is 41.8 Å². The molecule has 0 bridgehead atoms. The zero-order chi connectivity index (χ0) is 21.0. The number of hydrogen-bond donors (Lipinski definition) is 1. The van der Waals surface area contributed by atoms with Crippen LogP contribution >= 0.6 is 0 Å². The summed E-state index contributed by atoms with van der Waals surface area (Å²) in [7, 11) is 0. The van der Waals surface area contributed by atoms with Gasteiger partial charge in [-0.15, -0.1) is 0 Å². The summed E-state index contributed by atoms with van der Waals surface area (Å²) in [6.07, 6.45) is 11.1. The maximum atomic E-state index is 13.2. The number of fused-ring (bicyclic) bond motifs is 5. The SMILES string of the molecule is CCCCCC(C)[C@@H]1CC(=O)[C@@]2(C)CC[C@H]3[C@@H](CCC4=C(O)C(=O)CC[C@@]43C)[C@H]12. The molecule has 3 saturated carbocycles. The van der Waals surface area contributed by atoms with Crippen LogP contribution in [0.5, 0.6) is 0 Å². The first kappa shape index (κ1) is 21.1. The molecular formula is C26H40O3. The third-order valence-corrected chi connectivity index (χ3v) is 9.86. The van der Waals surface area contributed by atoms with Crippen molar-refractivity contribution in [3.63, 3.8) is 0 Å². The van der Waals surface area contributed by atoms with E-state index in [4.69, 9.17) is 0 Å². The molecule has 1 N–H and O–H groups in total. The molecule has 0 spiro atoms. The largest absolute Gasteiger partial charge is 0.504 e. The molecule has 3 nitrogen and oxygen atoms in total. The van der Waals surface area contributed by atoms with Crippen molar-refractivity contribution in [3.05, 3.63) is 11.3 Å². The molecule has 4 aliphatic carbocycles. The minimum atomic E-state index is -0.144. The number of aliphatic hydroxyl groups is 1. The smallest absolute Gasteiger partial charge is 0.197 e. The molecule has 4 aliphatic rings. The number of aliphatic hydroxyl groups excluding tert-OH is 1. The monoisotopic (exact) mass is 400 g/mol. The Balaban J connectivity index is 1.65. The number of unbranched alkanes of at least 4 members (excludes halogenated alkanes) is 2. The summed E-state index contributed by atoms with van der Waals surface area (Å²) in [5.41, 5.74) is 0.842. The summed E-state index contributed by atoms with van der Waals surface area (Å²) >= 11 is 0.